The van der Waals surface area contributed by atoms with E-state index in [0.717, 1.165) is 11.1 Å². The fourth-order valence-electron chi connectivity index (χ4n) is 1.53. The zero-order chi connectivity index (χ0) is 9.42. The molecule has 0 aliphatic heterocycles. The SMILES string of the molecule is CCc1cc(O)c2sc(C)cc2c1. The van der Waals surface area contributed by atoms with E-state index in [-0.39, 0.29) is 0 Å². The highest BCUT2D eigenvalue weighted by Gasteiger charge is 2.04. The summed E-state index contributed by atoms with van der Waals surface area (Å²) in [5, 5.41) is 10.9. The van der Waals surface area contributed by atoms with Crippen LogP contribution in [0.15, 0.2) is 18.2 Å². The molecular formula is C11H12OS. The monoisotopic (exact) mass is 192 g/mol. The molecule has 1 heterocycles. The standard InChI is InChI=1S/C11H12OS/c1-3-8-5-9-4-7(2)13-11(9)10(12)6-8/h4-6,12H,3H2,1-2H3. The Balaban J connectivity index is 2.75. The second kappa shape index (κ2) is 3.04. The van der Waals surface area contributed by atoms with Gasteiger partial charge in [0.15, 0.2) is 0 Å². The van der Waals surface area contributed by atoms with Gasteiger partial charge in [0, 0.05) is 4.88 Å². The summed E-state index contributed by atoms with van der Waals surface area (Å²) >= 11 is 1.65. The Labute approximate surface area is 81.6 Å². The molecule has 1 nitrogen and oxygen atoms in total. The molecule has 0 saturated heterocycles. The molecule has 1 N–H and O–H groups in total. The second-order valence-electron chi connectivity index (χ2n) is 3.24. The molecule has 2 rings (SSSR count). The van der Waals surface area contributed by atoms with Gasteiger partial charge in [-0.15, -0.1) is 11.3 Å². The quantitative estimate of drug-likeness (QED) is 0.733. The van der Waals surface area contributed by atoms with Crippen molar-refractivity contribution in [3.63, 3.8) is 0 Å². The van der Waals surface area contributed by atoms with Gasteiger partial charge < -0.3 is 5.11 Å². The Bertz CT molecular complexity index is 443. The van der Waals surface area contributed by atoms with Crippen molar-refractivity contribution in [2.24, 2.45) is 0 Å². The third-order valence-electron chi connectivity index (χ3n) is 2.19. The van der Waals surface area contributed by atoms with Gasteiger partial charge in [0.1, 0.15) is 5.75 Å². The maximum Gasteiger partial charge on any atom is 0.133 e. The lowest BCUT2D eigenvalue weighted by atomic mass is 10.1. The molecule has 0 radical (unpaired) electrons. The average Bonchev–Trinajstić information content (AvgIpc) is 2.46. The summed E-state index contributed by atoms with van der Waals surface area (Å²) < 4.78 is 1.01. The lowest BCUT2D eigenvalue weighted by molar-refractivity contribution is 0.482. The Kier molecular flexibility index (Phi) is 2.00. The smallest absolute Gasteiger partial charge is 0.133 e. The molecule has 0 bridgehead atoms. The van der Waals surface area contributed by atoms with Gasteiger partial charge in [-0.1, -0.05) is 13.0 Å². The molecule has 68 valence electrons. The maximum atomic E-state index is 9.71. The van der Waals surface area contributed by atoms with Crippen LogP contribution >= 0.6 is 11.3 Å². The van der Waals surface area contributed by atoms with Gasteiger partial charge in [0.25, 0.3) is 0 Å². The summed E-state index contributed by atoms with van der Waals surface area (Å²) in [5.74, 6) is 0.424. The van der Waals surface area contributed by atoms with Crippen molar-refractivity contribution in [2.45, 2.75) is 20.3 Å². The number of phenolic OH excluding ortho intramolecular Hbond substituents is 1. The van der Waals surface area contributed by atoms with Crippen LogP contribution in [-0.2, 0) is 6.42 Å². The van der Waals surface area contributed by atoms with Crippen LogP contribution in [-0.4, -0.2) is 5.11 Å². The van der Waals surface area contributed by atoms with Gasteiger partial charge in [-0.05, 0) is 36.4 Å². The molecule has 0 fully saturated rings. The Morgan fingerprint density at radius 1 is 1.31 bits per heavy atom. The third-order valence-corrected chi connectivity index (χ3v) is 3.28. The van der Waals surface area contributed by atoms with E-state index in [9.17, 15) is 5.11 Å². The Morgan fingerprint density at radius 2 is 2.08 bits per heavy atom. The molecule has 0 amide bonds. The molecular weight excluding hydrogens is 180 g/mol. The van der Waals surface area contributed by atoms with E-state index in [1.807, 2.05) is 6.07 Å². The zero-order valence-corrected chi connectivity index (χ0v) is 8.61. The van der Waals surface area contributed by atoms with Crippen LogP contribution < -0.4 is 0 Å². The van der Waals surface area contributed by atoms with Gasteiger partial charge in [-0.3, -0.25) is 0 Å². The number of hydrogen-bond acceptors (Lipinski definition) is 2. The predicted octanol–water partition coefficient (Wildman–Crippen LogP) is 3.48. The van der Waals surface area contributed by atoms with Crippen LogP contribution in [0.25, 0.3) is 10.1 Å². The summed E-state index contributed by atoms with van der Waals surface area (Å²) in [4.78, 5) is 1.25. The summed E-state index contributed by atoms with van der Waals surface area (Å²) in [6, 6.07) is 6.13. The molecule has 0 aliphatic rings. The number of hydrogen-bond donors (Lipinski definition) is 1. The molecule has 0 spiro atoms. The molecule has 0 atom stereocenters. The van der Waals surface area contributed by atoms with Crippen molar-refractivity contribution in [1.29, 1.82) is 0 Å². The minimum absolute atomic E-state index is 0.424. The Morgan fingerprint density at radius 3 is 2.77 bits per heavy atom. The fraction of sp³-hybridized carbons (Fsp3) is 0.273. The molecule has 1 aromatic heterocycles. The van der Waals surface area contributed by atoms with E-state index in [1.165, 1.54) is 15.8 Å². The van der Waals surface area contributed by atoms with Crippen molar-refractivity contribution in [3.05, 3.63) is 28.6 Å². The van der Waals surface area contributed by atoms with Crippen LogP contribution in [0.4, 0.5) is 0 Å². The number of benzene rings is 1. The number of thiophene rings is 1. The van der Waals surface area contributed by atoms with Gasteiger partial charge in [0.2, 0.25) is 0 Å². The Hall–Kier alpha value is -1.02. The van der Waals surface area contributed by atoms with Crippen LogP contribution in [0.5, 0.6) is 5.75 Å². The van der Waals surface area contributed by atoms with Crippen molar-refractivity contribution < 1.29 is 5.11 Å². The van der Waals surface area contributed by atoms with Crippen LogP contribution in [0.1, 0.15) is 17.4 Å². The van der Waals surface area contributed by atoms with Crippen molar-refractivity contribution in [1.82, 2.24) is 0 Å². The minimum atomic E-state index is 0.424. The number of aryl methyl sites for hydroxylation is 2. The van der Waals surface area contributed by atoms with Gasteiger partial charge in [-0.2, -0.15) is 0 Å². The lowest BCUT2D eigenvalue weighted by Crippen LogP contribution is -1.78. The lowest BCUT2D eigenvalue weighted by Gasteiger charge is -1.99. The van der Waals surface area contributed by atoms with Gasteiger partial charge >= 0.3 is 0 Å². The number of rotatable bonds is 1. The van der Waals surface area contributed by atoms with Crippen molar-refractivity contribution >= 4 is 21.4 Å². The first-order valence-electron chi connectivity index (χ1n) is 4.42. The van der Waals surface area contributed by atoms with Crippen LogP contribution in [0, 0.1) is 6.92 Å². The van der Waals surface area contributed by atoms with E-state index < -0.39 is 0 Å². The molecule has 0 unspecified atom stereocenters. The largest absolute Gasteiger partial charge is 0.506 e. The minimum Gasteiger partial charge on any atom is -0.506 e. The van der Waals surface area contributed by atoms with Crippen LogP contribution in [0.2, 0.25) is 0 Å². The highest BCUT2D eigenvalue weighted by molar-refractivity contribution is 7.19. The molecule has 0 saturated carbocycles. The van der Waals surface area contributed by atoms with Crippen LogP contribution in [0.3, 0.4) is 0 Å². The first-order valence-corrected chi connectivity index (χ1v) is 5.24. The maximum absolute atomic E-state index is 9.71. The van der Waals surface area contributed by atoms with E-state index in [4.69, 9.17) is 0 Å². The first kappa shape index (κ1) is 8.57. The molecule has 13 heavy (non-hydrogen) atoms. The first-order chi connectivity index (χ1) is 6.20. The summed E-state index contributed by atoms with van der Waals surface area (Å²) in [6.45, 7) is 4.16. The topological polar surface area (TPSA) is 20.2 Å². The number of phenols is 1. The molecule has 0 aliphatic carbocycles. The highest BCUT2D eigenvalue weighted by Crippen LogP contribution is 2.33. The highest BCUT2D eigenvalue weighted by atomic mass is 32.1. The summed E-state index contributed by atoms with van der Waals surface area (Å²) in [7, 11) is 0. The number of aromatic hydroxyl groups is 1. The van der Waals surface area contributed by atoms with E-state index >= 15 is 0 Å². The number of fused-ring (bicyclic) bond motifs is 1. The van der Waals surface area contributed by atoms with Crippen molar-refractivity contribution in [2.75, 3.05) is 0 Å². The second-order valence-corrected chi connectivity index (χ2v) is 4.50. The predicted molar refractivity (Wildman–Crippen MR) is 57.6 cm³/mol. The van der Waals surface area contributed by atoms with E-state index in [1.54, 1.807) is 11.3 Å². The van der Waals surface area contributed by atoms with Gasteiger partial charge in [-0.25, -0.2) is 0 Å². The average molecular weight is 192 g/mol. The summed E-state index contributed by atoms with van der Waals surface area (Å²) in [6.07, 6.45) is 0.971. The molecule has 1 aromatic carbocycles. The molecule has 2 aromatic rings. The fourth-order valence-corrected chi connectivity index (χ4v) is 2.44. The van der Waals surface area contributed by atoms with Gasteiger partial charge in [0.05, 0.1) is 4.70 Å². The van der Waals surface area contributed by atoms with E-state index in [2.05, 4.69) is 26.0 Å². The normalized spacial score (nSPS) is 10.9. The third kappa shape index (κ3) is 1.42. The molecule has 2 heteroatoms. The van der Waals surface area contributed by atoms with E-state index in [0.29, 0.717) is 5.75 Å². The summed E-state index contributed by atoms with van der Waals surface area (Å²) in [5.41, 5.74) is 1.20. The van der Waals surface area contributed by atoms with Crippen molar-refractivity contribution in [3.8, 4) is 5.75 Å². The zero-order valence-electron chi connectivity index (χ0n) is 7.79.